The molecule has 0 bridgehead atoms. The summed E-state index contributed by atoms with van der Waals surface area (Å²) < 4.78 is 21.6. The van der Waals surface area contributed by atoms with Crippen LogP contribution < -0.4 is 19.3 Å². The van der Waals surface area contributed by atoms with Crippen LogP contribution >= 0.6 is 0 Å². The molecular formula is C22H22N8O6. The molecule has 0 aliphatic carbocycles. The number of hydrogen-bond acceptors (Lipinski definition) is 8. The summed E-state index contributed by atoms with van der Waals surface area (Å²) >= 11 is 0. The molecule has 2 aliphatic heterocycles. The van der Waals surface area contributed by atoms with Crippen LogP contribution in [0.4, 0.5) is 21.0 Å². The molecule has 2 saturated heterocycles. The quantitative estimate of drug-likeness (QED) is 0.278. The van der Waals surface area contributed by atoms with Gasteiger partial charge in [-0.1, -0.05) is 22.4 Å². The maximum atomic E-state index is 12.4. The Bertz CT molecular complexity index is 1180. The van der Waals surface area contributed by atoms with Crippen LogP contribution in [-0.4, -0.2) is 64.8 Å². The third kappa shape index (κ3) is 4.85. The molecule has 14 heteroatoms. The number of methoxy groups -OCH3 is 2. The van der Waals surface area contributed by atoms with E-state index in [1.54, 1.807) is 24.3 Å². The van der Waals surface area contributed by atoms with Gasteiger partial charge in [-0.3, -0.25) is 9.80 Å². The van der Waals surface area contributed by atoms with E-state index in [2.05, 4.69) is 20.1 Å². The highest BCUT2D eigenvalue weighted by Crippen LogP contribution is 2.39. The van der Waals surface area contributed by atoms with Gasteiger partial charge in [-0.05, 0) is 46.5 Å². The topological polar surface area (TPSA) is 175 Å². The number of ether oxygens (including phenoxy) is 4. The number of benzene rings is 2. The average Bonchev–Trinajstić information content (AvgIpc) is 3.46. The summed E-state index contributed by atoms with van der Waals surface area (Å²) in [4.78, 5) is 33.0. The van der Waals surface area contributed by atoms with Crippen molar-refractivity contribution in [2.24, 2.45) is 10.2 Å². The molecule has 0 spiro atoms. The Kier molecular flexibility index (Phi) is 7.19. The molecule has 2 aromatic carbocycles. The van der Waals surface area contributed by atoms with Crippen LogP contribution in [0.2, 0.25) is 0 Å². The normalized spacial score (nSPS) is 18.7. The number of rotatable bonds is 9. The molecular weight excluding hydrogens is 472 g/mol. The second-order valence-electron chi connectivity index (χ2n) is 7.83. The molecule has 36 heavy (non-hydrogen) atoms. The second kappa shape index (κ2) is 10.6. The number of amides is 2. The maximum Gasteiger partial charge on any atom is 0.414 e. The van der Waals surface area contributed by atoms with Crippen molar-refractivity contribution in [1.29, 1.82) is 0 Å². The Hall–Kier alpha value is -4.80. The van der Waals surface area contributed by atoms with Crippen LogP contribution in [0.5, 0.6) is 11.5 Å². The van der Waals surface area contributed by atoms with Crippen molar-refractivity contribution in [3.05, 3.63) is 57.3 Å². The summed E-state index contributed by atoms with van der Waals surface area (Å²) in [5, 5.41) is 6.94. The number of carbonyl (C=O) groups excluding carboxylic acids is 2. The molecule has 2 heterocycles. The van der Waals surface area contributed by atoms with E-state index in [0.717, 1.165) is 11.1 Å². The van der Waals surface area contributed by atoms with E-state index >= 15 is 0 Å². The van der Waals surface area contributed by atoms with Gasteiger partial charge in [0.05, 0.1) is 51.8 Å². The number of azide groups is 2. The van der Waals surface area contributed by atoms with Gasteiger partial charge in [0.15, 0.2) is 0 Å². The van der Waals surface area contributed by atoms with Crippen LogP contribution in [0.15, 0.2) is 46.6 Å². The van der Waals surface area contributed by atoms with Gasteiger partial charge in [0.25, 0.3) is 0 Å². The predicted octanol–water partition coefficient (Wildman–Crippen LogP) is 4.64. The van der Waals surface area contributed by atoms with Crippen LogP contribution in [0.1, 0.15) is 0 Å². The third-order valence-electron chi connectivity index (χ3n) is 5.72. The van der Waals surface area contributed by atoms with Gasteiger partial charge in [-0.15, -0.1) is 0 Å². The lowest BCUT2D eigenvalue weighted by Crippen LogP contribution is -2.25. The van der Waals surface area contributed by atoms with Gasteiger partial charge < -0.3 is 18.9 Å². The zero-order valence-electron chi connectivity index (χ0n) is 19.5. The van der Waals surface area contributed by atoms with Crippen molar-refractivity contribution < 1.29 is 28.5 Å². The molecule has 2 atom stereocenters. The zero-order valence-corrected chi connectivity index (χ0v) is 19.5. The van der Waals surface area contributed by atoms with Crippen LogP contribution in [-0.2, 0) is 9.47 Å². The molecule has 0 N–H and O–H groups in total. The Morgan fingerprint density at radius 1 is 0.833 bits per heavy atom. The highest BCUT2D eigenvalue weighted by molar-refractivity contribution is 5.94. The number of carbonyl (C=O) groups is 2. The number of nitrogens with zero attached hydrogens (tertiary/aromatic N) is 8. The lowest BCUT2D eigenvalue weighted by Gasteiger charge is -2.19. The fraction of sp³-hybridized carbons (Fsp3) is 0.364. The van der Waals surface area contributed by atoms with Gasteiger partial charge >= 0.3 is 12.2 Å². The molecule has 2 amide bonds. The van der Waals surface area contributed by atoms with Gasteiger partial charge in [0.2, 0.25) is 0 Å². The molecule has 0 unspecified atom stereocenters. The number of anilines is 2. The molecule has 0 aromatic heterocycles. The Morgan fingerprint density at radius 2 is 1.25 bits per heavy atom. The summed E-state index contributed by atoms with van der Waals surface area (Å²) in [6, 6.07) is 10.7. The fourth-order valence-corrected chi connectivity index (χ4v) is 4.04. The molecule has 0 saturated carbocycles. The molecule has 14 nitrogen and oxygen atoms in total. The minimum Gasteiger partial charge on any atom is -0.495 e. The highest BCUT2D eigenvalue weighted by atomic mass is 16.6. The van der Waals surface area contributed by atoms with Crippen LogP contribution in [0, 0.1) is 0 Å². The van der Waals surface area contributed by atoms with Crippen LogP contribution in [0.25, 0.3) is 32.0 Å². The summed E-state index contributed by atoms with van der Waals surface area (Å²) in [5.41, 5.74) is 19.6. The van der Waals surface area contributed by atoms with Crippen LogP contribution in [0.3, 0.4) is 0 Å². The number of cyclic esters (lactones) is 2. The minimum atomic E-state index is -0.554. The van der Waals surface area contributed by atoms with Crippen molar-refractivity contribution in [2.45, 2.75) is 12.2 Å². The summed E-state index contributed by atoms with van der Waals surface area (Å²) in [7, 11) is 2.99. The number of hydrogen-bond donors (Lipinski definition) is 0. The van der Waals surface area contributed by atoms with E-state index in [9.17, 15) is 9.59 Å². The van der Waals surface area contributed by atoms with E-state index in [1.165, 1.54) is 24.0 Å². The smallest absolute Gasteiger partial charge is 0.414 e. The van der Waals surface area contributed by atoms with E-state index < -0.39 is 24.4 Å². The van der Waals surface area contributed by atoms with E-state index in [1.807, 2.05) is 12.1 Å². The van der Waals surface area contributed by atoms with Gasteiger partial charge in [-0.2, -0.15) is 0 Å². The lowest BCUT2D eigenvalue weighted by molar-refractivity contribution is 0.144. The van der Waals surface area contributed by atoms with Gasteiger partial charge in [0, 0.05) is 9.82 Å². The van der Waals surface area contributed by atoms with Gasteiger partial charge in [-0.25, -0.2) is 9.59 Å². The second-order valence-corrected chi connectivity index (χ2v) is 7.83. The van der Waals surface area contributed by atoms with Crippen molar-refractivity contribution in [1.82, 2.24) is 0 Å². The standard InChI is InChI=1S/C22H22N8O6/c1-33-19-7-13(3-5-17(19)29-11-15(9-25-27-23)35-21(29)31)14-4-6-18(20(8-14)34-2)30-12-16(10-26-28-24)36-22(30)32/h3-8,15-16H,9-12H2,1-2H3/t15-,16-/m0/s1. The SMILES string of the molecule is COc1cc(-c2ccc(N3C[C@H](CN=[N+]=[N-])OC3=O)c(OC)c2)ccc1N1C[C@H](CN=[N+]=[N-])OC1=O. The molecule has 186 valence electrons. The van der Waals surface area contributed by atoms with Crippen molar-refractivity contribution in [3.8, 4) is 22.6 Å². The molecule has 2 aromatic rings. The molecule has 2 fully saturated rings. The Morgan fingerprint density at radius 3 is 1.61 bits per heavy atom. The van der Waals surface area contributed by atoms with Crippen molar-refractivity contribution >= 4 is 23.6 Å². The molecule has 4 rings (SSSR count). The van der Waals surface area contributed by atoms with Gasteiger partial charge in [0.1, 0.15) is 23.7 Å². The largest absolute Gasteiger partial charge is 0.495 e. The summed E-state index contributed by atoms with van der Waals surface area (Å²) in [5.74, 6) is 0.891. The maximum absolute atomic E-state index is 12.4. The van der Waals surface area contributed by atoms with Crippen molar-refractivity contribution in [2.75, 3.05) is 50.2 Å². The fourth-order valence-electron chi connectivity index (χ4n) is 4.04. The predicted molar refractivity (Wildman–Crippen MR) is 128 cm³/mol. The lowest BCUT2D eigenvalue weighted by atomic mass is 10.0. The summed E-state index contributed by atoms with van der Waals surface area (Å²) in [6.45, 7) is 0.537. The van der Waals surface area contributed by atoms with E-state index in [-0.39, 0.29) is 26.2 Å². The van der Waals surface area contributed by atoms with Crippen molar-refractivity contribution in [3.63, 3.8) is 0 Å². The minimum absolute atomic E-state index is 0.0438. The third-order valence-corrected chi connectivity index (χ3v) is 5.72. The first-order valence-electron chi connectivity index (χ1n) is 10.8. The Balaban J connectivity index is 1.59. The summed E-state index contributed by atoms with van der Waals surface area (Å²) in [6.07, 6.45) is -2.20. The first-order valence-corrected chi connectivity index (χ1v) is 10.8. The Labute approximate surface area is 205 Å². The molecule has 2 aliphatic rings. The van der Waals surface area contributed by atoms with E-state index in [0.29, 0.717) is 22.9 Å². The first-order chi connectivity index (χ1) is 17.5. The first kappa shape index (κ1) is 24.3. The zero-order chi connectivity index (χ0) is 25.7. The highest BCUT2D eigenvalue weighted by Gasteiger charge is 2.35. The monoisotopic (exact) mass is 494 g/mol. The van der Waals surface area contributed by atoms with E-state index in [4.69, 9.17) is 30.0 Å². The average molecular weight is 494 g/mol. The molecule has 0 radical (unpaired) electrons.